The summed E-state index contributed by atoms with van der Waals surface area (Å²) < 4.78 is 2.26. The fourth-order valence-electron chi connectivity index (χ4n) is 4.50. The number of quaternary nitrogens is 1. The number of aromatic nitrogens is 1. The zero-order valence-electron chi connectivity index (χ0n) is 17.7. The molecular formula is C23H34N3O+. The number of carbonyl (C=O) groups is 1. The maximum absolute atomic E-state index is 12.9. The Bertz CT molecular complexity index is 826. The first-order chi connectivity index (χ1) is 12.8. The SMILES string of the molecule is Cc1cccc(N2CC[NH+](CC(=O)c3cc(C)n(C(C)C)c3C)CC2)c1C. The molecule has 27 heavy (non-hydrogen) atoms. The molecule has 1 saturated heterocycles. The summed E-state index contributed by atoms with van der Waals surface area (Å²) in [5.74, 6) is 0.283. The topological polar surface area (TPSA) is 29.7 Å². The van der Waals surface area contributed by atoms with Crippen molar-refractivity contribution in [3.8, 4) is 0 Å². The molecule has 1 N–H and O–H groups in total. The summed E-state index contributed by atoms with van der Waals surface area (Å²) in [6.07, 6.45) is 0. The molecular weight excluding hydrogens is 334 g/mol. The first-order valence-electron chi connectivity index (χ1n) is 10.2. The van der Waals surface area contributed by atoms with Crippen LogP contribution in [0.25, 0.3) is 0 Å². The molecule has 1 aliphatic rings. The van der Waals surface area contributed by atoms with Gasteiger partial charge in [0.25, 0.3) is 0 Å². The summed E-state index contributed by atoms with van der Waals surface area (Å²) in [6, 6.07) is 9.00. The van der Waals surface area contributed by atoms with Crippen molar-refractivity contribution in [1.82, 2.24) is 4.57 Å². The zero-order valence-corrected chi connectivity index (χ0v) is 17.7. The van der Waals surface area contributed by atoms with Gasteiger partial charge < -0.3 is 14.4 Å². The Morgan fingerprint density at radius 3 is 2.37 bits per heavy atom. The fraction of sp³-hybridized carbons (Fsp3) is 0.522. The van der Waals surface area contributed by atoms with Gasteiger partial charge >= 0.3 is 0 Å². The third kappa shape index (κ3) is 3.96. The van der Waals surface area contributed by atoms with Crippen LogP contribution in [0.15, 0.2) is 24.3 Å². The Balaban J connectivity index is 1.63. The van der Waals surface area contributed by atoms with Gasteiger partial charge in [0, 0.05) is 28.7 Å². The lowest BCUT2D eigenvalue weighted by Crippen LogP contribution is -3.15. The minimum Gasteiger partial charge on any atom is -0.360 e. The van der Waals surface area contributed by atoms with Crippen LogP contribution in [0, 0.1) is 27.7 Å². The Morgan fingerprint density at radius 1 is 1.11 bits per heavy atom. The smallest absolute Gasteiger partial charge is 0.218 e. The molecule has 0 aliphatic carbocycles. The molecule has 0 unspecified atom stereocenters. The predicted molar refractivity (Wildman–Crippen MR) is 112 cm³/mol. The largest absolute Gasteiger partial charge is 0.360 e. The van der Waals surface area contributed by atoms with Gasteiger partial charge in [0.15, 0.2) is 0 Å². The monoisotopic (exact) mass is 368 g/mol. The van der Waals surface area contributed by atoms with Crippen LogP contribution in [-0.2, 0) is 0 Å². The van der Waals surface area contributed by atoms with Crippen LogP contribution in [-0.4, -0.2) is 43.1 Å². The molecule has 0 spiro atoms. The van der Waals surface area contributed by atoms with E-state index in [0.717, 1.165) is 37.4 Å². The number of hydrogen-bond acceptors (Lipinski definition) is 2. The number of nitrogens with zero attached hydrogens (tertiary/aromatic N) is 2. The van der Waals surface area contributed by atoms with Crippen molar-refractivity contribution in [1.29, 1.82) is 0 Å². The third-order valence-corrected chi connectivity index (χ3v) is 6.10. The number of anilines is 1. The van der Waals surface area contributed by atoms with Crippen molar-refractivity contribution in [3.05, 3.63) is 52.3 Å². The zero-order chi connectivity index (χ0) is 19.7. The minimum absolute atomic E-state index is 0.283. The number of nitrogens with one attached hydrogen (secondary N) is 1. The van der Waals surface area contributed by atoms with Crippen LogP contribution in [0.3, 0.4) is 0 Å². The first-order valence-corrected chi connectivity index (χ1v) is 10.2. The quantitative estimate of drug-likeness (QED) is 0.823. The standard InChI is InChI=1S/C23H33N3O/c1-16(2)26-18(4)14-21(20(26)6)23(27)15-24-10-12-25(13-11-24)22-9-7-8-17(3)19(22)5/h7-9,14,16H,10-13,15H2,1-6H3/p+1. The van der Waals surface area contributed by atoms with Crippen LogP contribution >= 0.6 is 0 Å². The van der Waals surface area contributed by atoms with Crippen LogP contribution < -0.4 is 9.80 Å². The normalized spacial score (nSPS) is 15.6. The van der Waals surface area contributed by atoms with E-state index in [1.807, 2.05) is 0 Å². The third-order valence-electron chi connectivity index (χ3n) is 6.10. The maximum Gasteiger partial charge on any atom is 0.218 e. The van der Waals surface area contributed by atoms with Crippen molar-refractivity contribution in [3.63, 3.8) is 0 Å². The highest BCUT2D eigenvalue weighted by atomic mass is 16.1. The van der Waals surface area contributed by atoms with E-state index in [2.05, 4.69) is 75.3 Å². The Labute approximate surface area is 163 Å². The van der Waals surface area contributed by atoms with Gasteiger partial charge in [0.2, 0.25) is 5.78 Å². The van der Waals surface area contributed by atoms with Gasteiger partial charge in [-0.1, -0.05) is 12.1 Å². The van der Waals surface area contributed by atoms with E-state index >= 15 is 0 Å². The molecule has 0 radical (unpaired) electrons. The number of benzene rings is 1. The van der Waals surface area contributed by atoms with Crippen LogP contribution in [0.1, 0.15) is 52.8 Å². The summed E-state index contributed by atoms with van der Waals surface area (Å²) in [6.45, 7) is 17.6. The van der Waals surface area contributed by atoms with Crippen molar-refractivity contribution >= 4 is 11.5 Å². The molecule has 1 aromatic carbocycles. The fourth-order valence-corrected chi connectivity index (χ4v) is 4.50. The molecule has 1 fully saturated rings. The van der Waals surface area contributed by atoms with Gasteiger partial charge in [-0.15, -0.1) is 0 Å². The first kappa shape index (κ1) is 19.7. The van der Waals surface area contributed by atoms with E-state index < -0.39 is 0 Å². The number of piperazine rings is 1. The van der Waals surface area contributed by atoms with Gasteiger partial charge in [-0.2, -0.15) is 0 Å². The van der Waals surface area contributed by atoms with Crippen molar-refractivity contribution in [2.24, 2.45) is 0 Å². The minimum atomic E-state index is 0.283. The Kier molecular flexibility index (Phi) is 5.75. The van der Waals surface area contributed by atoms with Crippen molar-refractivity contribution < 1.29 is 9.69 Å². The molecule has 0 atom stereocenters. The molecule has 0 amide bonds. The van der Waals surface area contributed by atoms with Crippen molar-refractivity contribution in [2.45, 2.75) is 47.6 Å². The molecule has 0 bridgehead atoms. The number of rotatable bonds is 5. The number of ketones is 1. The highest BCUT2D eigenvalue weighted by Gasteiger charge is 2.25. The van der Waals surface area contributed by atoms with Crippen LogP contribution in [0.2, 0.25) is 0 Å². The molecule has 4 heteroatoms. The average molecular weight is 369 g/mol. The summed E-state index contributed by atoms with van der Waals surface area (Å²) in [4.78, 5) is 16.8. The van der Waals surface area contributed by atoms with Gasteiger partial charge in [-0.25, -0.2) is 0 Å². The molecule has 4 nitrogen and oxygen atoms in total. The van der Waals surface area contributed by atoms with E-state index in [-0.39, 0.29) is 5.78 Å². The average Bonchev–Trinajstić information content (AvgIpc) is 2.93. The summed E-state index contributed by atoms with van der Waals surface area (Å²) in [7, 11) is 0. The summed E-state index contributed by atoms with van der Waals surface area (Å²) in [5, 5.41) is 0. The second-order valence-corrected chi connectivity index (χ2v) is 8.30. The number of aryl methyl sites for hydroxylation is 2. The van der Waals surface area contributed by atoms with Crippen LogP contribution in [0.5, 0.6) is 0 Å². The lowest BCUT2D eigenvalue weighted by atomic mass is 10.1. The van der Waals surface area contributed by atoms with Gasteiger partial charge in [-0.3, -0.25) is 4.79 Å². The molecule has 1 aliphatic heterocycles. The van der Waals surface area contributed by atoms with Crippen molar-refractivity contribution in [2.75, 3.05) is 37.6 Å². The lowest BCUT2D eigenvalue weighted by Gasteiger charge is -2.34. The molecule has 1 aromatic heterocycles. The molecule has 3 rings (SSSR count). The van der Waals surface area contributed by atoms with Gasteiger partial charge in [0.05, 0.1) is 26.2 Å². The van der Waals surface area contributed by atoms with E-state index in [4.69, 9.17) is 0 Å². The highest BCUT2D eigenvalue weighted by molar-refractivity contribution is 5.98. The second kappa shape index (κ2) is 7.89. The highest BCUT2D eigenvalue weighted by Crippen LogP contribution is 2.23. The maximum atomic E-state index is 12.9. The van der Waals surface area contributed by atoms with E-state index in [1.54, 1.807) is 0 Å². The predicted octanol–water partition coefficient (Wildman–Crippen LogP) is 2.89. The van der Waals surface area contributed by atoms with Gasteiger partial charge in [-0.05, 0) is 64.8 Å². The number of Topliss-reactive ketones (excluding diaryl/α,β-unsaturated/α-hetero) is 1. The van der Waals surface area contributed by atoms with E-state index in [1.165, 1.54) is 27.4 Å². The van der Waals surface area contributed by atoms with E-state index in [0.29, 0.717) is 12.6 Å². The second-order valence-electron chi connectivity index (χ2n) is 8.30. The number of hydrogen-bond donors (Lipinski definition) is 1. The molecule has 146 valence electrons. The summed E-state index contributed by atoms with van der Waals surface area (Å²) in [5.41, 5.74) is 7.27. The molecule has 0 saturated carbocycles. The summed E-state index contributed by atoms with van der Waals surface area (Å²) >= 11 is 0. The van der Waals surface area contributed by atoms with Gasteiger partial charge in [0.1, 0.15) is 6.54 Å². The lowest BCUT2D eigenvalue weighted by molar-refractivity contribution is -0.892. The Morgan fingerprint density at radius 2 is 1.78 bits per heavy atom. The van der Waals surface area contributed by atoms with Crippen LogP contribution in [0.4, 0.5) is 5.69 Å². The van der Waals surface area contributed by atoms with E-state index in [9.17, 15) is 4.79 Å². The molecule has 2 heterocycles. The Hall–Kier alpha value is -2.07. The number of carbonyl (C=O) groups excluding carboxylic acids is 1. The molecule has 2 aromatic rings.